The third-order valence-electron chi connectivity index (χ3n) is 2.82. The summed E-state index contributed by atoms with van der Waals surface area (Å²) in [7, 11) is 0. The van der Waals surface area contributed by atoms with Crippen molar-refractivity contribution in [3.8, 4) is 0 Å². The Morgan fingerprint density at radius 3 is 2.25 bits per heavy atom. The number of amides is 3. The zero-order valence-electron chi connectivity index (χ0n) is 10.4. The summed E-state index contributed by atoms with van der Waals surface area (Å²) in [5.74, 6) is -1.26. The fourth-order valence-electron chi connectivity index (χ4n) is 1.81. The molecule has 0 spiro atoms. The zero-order valence-corrected chi connectivity index (χ0v) is 10.4. The van der Waals surface area contributed by atoms with Crippen molar-refractivity contribution in [1.82, 2.24) is 4.90 Å². The molecule has 20 heavy (non-hydrogen) atoms. The second-order valence-electron chi connectivity index (χ2n) is 4.23. The van der Waals surface area contributed by atoms with Gasteiger partial charge in [-0.1, -0.05) is 0 Å². The summed E-state index contributed by atoms with van der Waals surface area (Å²) in [6.45, 7) is -0.339. The first kappa shape index (κ1) is 13.7. The Balaban J connectivity index is 1.96. The Morgan fingerprint density at radius 1 is 1.20 bits per heavy atom. The lowest BCUT2D eigenvalue weighted by molar-refractivity contribution is -0.384. The summed E-state index contributed by atoms with van der Waals surface area (Å²) in [5, 5.41) is 12.9. The van der Waals surface area contributed by atoms with Crippen LogP contribution in [0.25, 0.3) is 0 Å². The lowest BCUT2D eigenvalue weighted by atomic mass is 10.3. The molecule has 1 aromatic carbocycles. The van der Waals surface area contributed by atoms with E-state index in [0.29, 0.717) is 5.69 Å². The molecule has 8 heteroatoms. The van der Waals surface area contributed by atoms with Crippen molar-refractivity contribution in [2.45, 2.75) is 12.8 Å². The predicted octanol–water partition coefficient (Wildman–Crippen LogP) is 0.682. The van der Waals surface area contributed by atoms with E-state index in [9.17, 15) is 24.5 Å². The van der Waals surface area contributed by atoms with E-state index in [1.807, 2.05) is 0 Å². The van der Waals surface area contributed by atoms with E-state index < -0.39 is 10.8 Å². The number of rotatable bonds is 4. The lowest BCUT2D eigenvalue weighted by Gasteiger charge is -2.13. The van der Waals surface area contributed by atoms with Gasteiger partial charge in [0.15, 0.2) is 0 Å². The number of hydrogen-bond acceptors (Lipinski definition) is 5. The number of nitro benzene ring substituents is 1. The van der Waals surface area contributed by atoms with Crippen LogP contribution in [0.5, 0.6) is 0 Å². The van der Waals surface area contributed by atoms with Crippen LogP contribution in [0.15, 0.2) is 24.3 Å². The summed E-state index contributed by atoms with van der Waals surface area (Å²) >= 11 is 0. The molecule has 0 aromatic heterocycles. The second-order valence-corrected chi connectivity index (χ2v) is 4.23. The SMILES string of the molecule is O=C(CN1C(=O)CCC1=O)Nc1ccc([N+](=O)[O-])cc1. The smallest absolute Gasteiger partial charge is 0.269 e. The molecule has 2 rings (SSSR count). The van der Waals surface area contributed by atoms with Crippen LogP contribution in [0.2, 0.25) is 0 Å². The number of carbonyl (C=O) groups excluding carboxylic acids is 3. The highest BCUT2D eigenvalue weighted by Gasteiger charge is 2.30. The minimum Gasteiger partial charge on any atom is -0.325 e. The standard InChI is InChI=1S/C12H11N3O5/c16-10(7-14-11(17)5-6-12(14)18)13-8-1-3-9(4-2-8)15(19)20/h1-4H,5-7H2,(H,13,16). The molecule has 0 radical (unpaired) electrons. The Bertz CT molecular complexity index is 565. The van der Waals surface area contributed by atoms with Crippen LogP contribution in [-0.4, -0.2) is 34.1 Å². The predicted molar refractivity (Wildman–Crippen MR) is 67.7 cm³/mol. The first-order chi connectivity index (χ1) is 9.47. The third-order valence-corrected chi connectivity index (χ3v) is 2.82. The molecule has 0 saturated carbocycles. The lowest BCUT2D eigenvalue weighted by Crippen LogP contribution is -2.36. The number of non-ortho nitro benzene ring substituents is 1. The van der Waals surface area contributed by atoms with Gasteiger partial charge in [0.25, 0.3) is 5.69 Å². The Labute approximate surface area is 113 Å². The highest BCUT2D eigenvalue weighted by Crippen LogP contribution is 2.16. The van der Waals surface area contributed by atoms with Crippen molar-refractivity contribution in [3.05, 3.63) is 34.4 Å². The van der Waals surface area contributed by atoms with Gasteiger partial charge in [-0.05, 0) is 12.1 Å². The molecular formula is C12H11N3O5. The molecule has 0 unspecified atom stereocenters. The molecule has 1 aliphatic heterocycles. The topological polar surface area (TPSA) is 110 Å². The average Bonchev–Trinajstić information content (AvgIpc) is 2.71. The average molecular weight is 277 g/mol. The van der Waals surface area contributed by atoms with E-state index in [-0.39, 0.29) is 36.9 Å². The van der Waals surface area contributed by atoms with E-state index in [2.05, 4.69) is 5.32 Å². The highest BCUT2D eigenvalue weighted by atomic mass is 16.6. The number of anilines is 1. The molecule has 1 heterocycles. The van der Waals surface area contributed by atoms with Crippen LogP contribution in [0, 0.1) is 10.1 Å². The van der Waals surface area contributed by atoms with Gasteiger partial charge in [-0.25, -0.2) is 0 Å². The maximum Gasteiger partial charge on any atom is 0.269 e. The van der Waals surface area contributed by atoms with E-state index in [1.165, 1.54) is 24.3 Å². The summed E-state index contributed by atoms with van der Waals surface area (Å²) in [5.41, 5.74) is 0.271. The van der Waals surface area contributed by atoms with E-state index in [0.717, 1.165) is 4.90 Å². The number of carbonyl (C=O) groups is 3. The monoisotopic (exact) mass is 277 g/mol. The number of imide groups is 1. The van der Waals surface area contributed by atoms with Crippen LogP contribution in [0.1, 0.15) is 12.8 Å². The van der Waals surface area contributed by atoms with Gasteiger partial charge in [0.05, 0.1) is 4.92 Å². The minimum absolute atomic E-state index is 0.0899. The van der Waals surface area contributed by atoms with Crippen molar-refractivity contribution < 1.29 is 19.3 Å². The summed E-state index contributed by atoms with van der Waals surface area (Å²) in [4.78, 5) is 45.2. The first-order valence-electron chi connectivity index (χ1n) is 5.85. The molecule has 3 amide bonds. The van der Waals surface area contributed by atoms with Crippen molar-refractivity contribution in [3.63, 3.8) is 0 Å². The van der Waals surface area contributed by atoms with Crippen LogP contribution in [-0.2, 0) is 14.4 Å². The van der Waals surface area contributed by atoms with Gasteiger partial charge in [-0.2, -0.15) is 0 Å². The summed E-state index contributed by atoms with van der Waals surface area (Å²) in [6.07, 6.45) is 0.257. The van der Waals surface area contributed by atoms with Crippen molar-refractivity contribution in [2.24, 2.45) is 0 Å². The Kier molecular flexibility index (Phi) is 3.74. The number of nitrogens with one attached hydrogen (secondary N) is 1. The maximum atomic E-state index is 11.7. The fourth-order valence-corrected chi connectivity index (χ4v) is 1.81. The van der Waals surface area contributed by atoms with Gasteiger partial charge in [0, 0.05) is 30.7 Å². The number of nitrogens with zero attached hydrogens (tertiary/aromatic N) is 2. The zero-order chi connectivity index (χ0) is 14.7. The molecular weight excluding hydrogens is 266 g/mol. The molecule has 8 nitrogen and oxygen atoms in total. The number of likely N-dealkylation sites (tertiary alicyclic amines) is 1. The van der Waals surface area contributed by atoms with Gasteiger partial charge in [-0.15, -0.1) is 0 Å². The minimum atomic E-state index is -0.548. The van der Waals surface area contributed by atoms with Gasteiger partial charge in [0.2, 0.25) is 17.7 Å². The third kappa shape index (κ3) is 2.97. The molecule has 104 valence electrons. The largest absolute Gasteiger partial charge is 0.325 e. The van der Waals surface area contributed by atoms with Crippen molar-refractivity contribution in [2.75, 3.05) is 11.9 Å². The summed E-state index contributed by atoms with van der Waals surface area (Å²) < 4.78 is 0. The Hall–Kier alpha value is -2.77. The van der Waals surface area contributed by atoms with Gasteiger partial charge >= 0.3 is 0 Å². The van der Waals surface area contributed by atoms with Gasteiger partial charge < -0.3 is 5.32 Å². The first-order valence-corrected chi connectivity index (χ1v) is 5.85. The molecule has 1 aliphatic rings. The van der Waals surface area contributed by atoms with Crippen molar-refractivity contribution >= 4 is 29.1 Å². The molecule has 1 N–H and O–H groups in total. The van der Waals surface area contributed by atoms with Crippen LogP contribution >= 0.6 is 0 Å². The molecule has 0 atom stereocenters. The number of nitro groups is 1. The van der Waals surface area contributed by atoms with Crippen LogP contribution < -0.4 is 5.32 Å². The van der Waals surface area contributed by atoms with E-state index in [1.54, 1.807) is 0 Å². The van der Waals surface area contributed by atoms with E-state index >= 15 is 0 Å². The molecule has 1 aromatic rings. The molecule has 1 fully saturated rings. The Morgan fingerprint density at radius 2 is 1.75 bits per heavy atom. The highest BCUT2D eigenvalue weighted by molar-refractivity contribution is 6.06. The fraction of sp³-hybridized carbons (Fsp3) is 0.250. The van der Waals surface area contributed by atoms with Crippen LogP contribution in [0.3, 0.4) is 0 Å². The normalized spacial score (nSPS) is 14.5. The van der Waals surface area contributed by atoms with Crippen molar-refractivity contribution in [1.29, 1.82) is 0 Å². The second kappa shape index (κ2) is 5.47. The summed E-state index contributed by atoms with van der Waals surface area (Å²) in [6, 6.07) is 5.26. The van der Waals surface area contributed by atoms with Crippen LogP contribution in [0.4, 0.5) is 11.4 Å². The molecule has 1 saturated heterocycles. The number of benzene rings is 1. The van der Waals surface area contributed by atoms with Gasteiger partial charge in [0.1, 0.15) is 6.54 Å². The molecule has 0 bridgehead atoms. The van der Waals surface area contributed by atoms with E-state index in [4.69, 9.17) is 0 Å². The number of hydrogen-bond donors (Lipinski definition) is 1. The molecule has 0 aliphatic carbocycles. The quantitative estimate of drug-likeness (QED) is 0.494. The van der Waals surface area contributed by atoms with Gasteiger partial charge in [-0.3, -0.25) is 29.4 Å². The maximum absolute atomic E-state index is 11.7.